The van der Waals surface area contributed by atoms with Crippen molar-refractivity contribution in [3.63, 3.8) is 0 Å². The van der Waals surface area contributed by atoms with Gasteiger partial charge in [-0.25, -0.2) is 0 Å². The molecule has 72 valence electrons. The zero-order valence-corrected chi connectivity index (χ0v) is 9.30. The van der Waals surface area contributed by atoms with E-state index in [0.29, 0.717) is 10.9 Å². The van der Waals surface area contributed by atoms with Crippen molar-refractivity contribution in [1.29, 1.82) is 0 Å². The molecule has 0 aliphatic heterocycles. The monoisotopic (exact) mass is 244 g/mol. The van der Waals surface area contributed by atoms with Crippen molar-refractivity contribution < 1.29 is 10.2 Å². The molecule has 0 aliphatic rings. The lowest BCUT2D eigenvalue weighted by molar-refractivity contribution is 0.194. The smallest absolute Gasteiger partial charge is 0.133 e. The van der Waals surface area contributed by atoms with E-state index in [1.165, 1.54) is 0 Å². The molecular weight excluding hydrogens is 232 g/mol. The summed E-state index contributed by atoms with van der Waals surface area (Å²) >= 11 is 3.29. The molecule has 13 heavy (non-hydrogen) atoms. The molecule has 2 nitrogen and oxygen atoms in total. The van der Waals surface area contributed by atoms with Gasteiger partial charge in [0.05, 0.1) is 10.6 Å². The standard InChI is InChI=1S/C10H13BrO2/c1-6-3-4-8(5-7(2)12)10(13)9(6)11/h3-4,7,12-13H,5H2,1-2H3. The first-order valence-electron chi connectivity index (χ1n) is 4.17. The summed E-state index contributed by atoms with van der Waals surface area (Å²) in [7, 11) is 0. The molecule has 1 aromatic rings. The van der Waals surface area contributed by atoms with E-state index in [9.17, 15) is 5.11 Å². The molecule has 0 radical (unpaired) electrons. The first-order valence-corrected chi connectivity index (χ1v) is 4.96. The summed E-state index contributed by atoms with van der Waals surface area (Å²) in [6, 6.07) is 3.75. The Bertz CT molecular complexity index is 308. The highest BCUT2D eigenvalue weighted by molar-refractivity contribution is 9.10. The molecule has 0 aromatic heterocycles. The van der Waals surface area contributed by atoms with Crippen molar-refractivity contribution in [2.45, 2.75) is 26.4 Å². The molecule has 0 saturated carbocycles. The van der Waals surface area contributed by atoms with Crippen LogP contribution in [0.3, 0.4) is 0 Å². The molecule has 1 aromatic carbocycles. The fourth-order valence-corrected chi connectivity index (χ4v) is 1.58. The Morgan fingerprint density at radius 2 is 2.08 bits per heavy atom. The van der Waals surface area contributed by atoms with Crippen LogP contribution >= 0.6 is 15.9 Å². The van der Waals surface area contributed by atoms with Gasteiger partial charge in [-0.3, -0.25) is 0 Å². The molecule has 3 heteroatoms. The van der Waals surface area contributed by atoms with E-state index >= 15 is 0 Å². The Kier molecular flexibility index (Phi) is 3.33. The van der Waals surface area contributed by atoms with Crippen LogP contribution in [0.15, 0.2) is 16.6 Å². The van der Waals surface area contributed by atoms with E-state index in [-0.39, 0.29) is 5.75 Å². The number of aromatic hydroxyl groups is 1. The predicted octanol–water partition coefficient (Wildman–Crippen LogP) is 2.39. The third kappa shape index (κ3) is 2.45. The lowest BCUT2D eigenvalue weighted by atomic mass is 10.1. The second-order valence-corrected chi connectivity index (χ2v) is 4.05. The number of aliphatic hydroxyl groups is 1. The van der Waals surface area contributed by atoms with Gasteiger partial charge < -0.3 is 10.2 Å². The number of phenols is 1. The highest BCUT2D eigenvalue weighted by Crippen LogP contribution is 2.31. The Morgan fingerprint density at radius 1 is 1.46 bits per heavy atom. The molecule has 0 spiro atoms. The van der Waals surface area contributed by atoms with E-state index in [1.54, 1.807) is 6.92 Å². The fraction of sp³-hybridized carbons (Fsp3) is 0.400. The van der Waals surface area contributed by atoms with E-state index in [0.717, 1.165) is 11.1 Å². The van der Waals surface area contributed by atoms with Crippen LogP contribution < -0.4 is 0 Å². The van der Waals surface area contributed by atoms with Crippen molar-refractivity contribution in [2.75, 3.05) is 0 Å². The number of halogens is 1. The number of aryl methyl sites for hydroxylation is 1. The van der Waals surface area contributed by atoms with Gasteiger partial charge in [-0.05, 0) is 40.9 Å². The van der Waals surface area contributed by atoms with Crippen molar-refractivity contribution in [3.8, 4) is 5.75 Å². The highest BCUT2D eigenvalue weighted by Gasteiger charge is 2.09. The first-order chi connectivity index (χ1) is 6.02. The first kappa shape index (κ1) is 10.5. The van der Waals surface area contributed by atoms with Crippen molar-refractivity contribution >= 4 is 15.9 Å². The van der Waals surface area contributed by atoms with E-state index in [4.69, 9.17) is 5.11 Å². The van der Waals surface area contributed by atoms with Gasteiger partial charge in [0.1, 0.15) is 5.75 Å². The van der Waals surface area contributed by atoms with Crippen molar-refractivity contribution in [3.05, 3.63) is 27.7 Å². The van der Waals surface area contributed by atoms with Crippen LogP contribution in [0, 0.1) is 6.92 Å². The van der Waals surface area contributed by atoms with Gasteiger partial charge in [0.25, 0.3) is 0 Å². The molecule has 0 bridgehead atoms. The second-order valence-electron chi connectivity index (χ2n) is 3.26. The minimum Gasteiger partial charge on any atom is -0.506 e. The van der Waals surface area contributed by atoms with Gasteiger partial charge in [0, 0.05) is 6.42 Å². The molecule has 0 fully saturated rings. The Labute approximate surface area is 86.3 Å². The summed E-state index contributed by atoms with van der Waals surface area (Å²) in [6.45, 7) is 3.61. The van der Waals surface area contributed by atoms with Gasteiger partial charge in [-0.15, -0.1) is 0 Å². The van der Waals surface area contributed by atoms with Gasteiger partial charge >= 0.3 is 0 Å². The van der Waals surface area contributed by atoms with Crippen molar-refractivity contribution in [1.82, 2.24) is 0 Å². The lowest BCUT2D eigenvalue weighted by Gasteiger charge is -2.09. The summed E-state index contributed by atoms with van der Waals surface area (Å²) in [4.78, 5) is 0. The largest absolute Gasteiger partial charge is 0.506 e. The molecule has 0 heterocycles. The molecule has 1 rings (SSSR count). The Morgan fingerprint density at radius 3 is 2.62 bits per heavy atom. The topological polar surface area (TPSA) is 40.5 Å². The minimum atomic E-state index is -0.430. The maximum absolute atomic E-state index is 9.67. The Hall–Kier alpha value is -0.540. The molecule has 1 unspecified atom stereocenters. The number of benzene rings is 1. The van der Waals surface area contributed by atoms with Gasteiger partial charge in [0.2, 0.25) is 0 Å². The van der Waals surface area contributed by atoms with Crippen LogP contribution in [0.25, 0.3) is 0 Å². The van der Waals surface area contributed by atoms with Gasteiger partial charge in [0.15, 0.2) is 0 Å². The van der Waals surface area contributed by atoms with Crippen LogP contribution in [0.2, 0.25) is 0 Å². The van der Waals surface area contributed by atoms with E-state index < -0.39 is 6.10 Å². The third-order valence-electron chi connectivity index (χ3n) is 1.91. The van der Waals surface area contributed by atoms with Crippen LogP contribution in [-0.4, -0.2) is 16.3 Å². The van der Waals surface area contributed by atoms with Crippen LogP contribution in [0.1, 0.15) is 18.1 Å². The molecule has 0 saturated heterocycles. The summed E-state index contributed by atoms with van der Waals surface area (Å²) < 4.78 is 0.714. The third-order valence-corrected chi connectivity index (χ3v) is 2.91. The number of hydrogen-bond donors (Lipinski definition) is 2. The van der Waals surface area contributed by atoms with E-state index in [1.807, 2.05) is 19.1 Å². The highest BCUT2D eigenvalue weighted by atomic mass is 79.9. The zero-order valence-electron chi connectivity index (χ0n) is 7.71. The molecule has 2 N–H and O–H groups in total. The van der Waals surface area contributed by atoms with Gasteiger partial charge in [-0.2, -0.15) is 0 Å². The molecular formula is C10H13BrO2. The van der Waals surface area contributed by atoms with Crippen molar-refractivity contribution in [2.24, 2.45) is 0 Å². The second kappa shape index (κ2) is 4.11. The SMILES string of the molecule is Cc1ccc(CC(C)O)c(O)c1Br. The zero-order chi connectivity index (χ0) is 10.0. The van der Waals surface area contributed by atoms with Crippen LogP contribution in [-0.2, 0) is 6.42 Å². The maximum Gasteiger partial charge on any atom is 0.133 e. The average molecular weight is 245 g/mol. The minimum absolute atomic E-state index is 0.237. The van der Waals surface area contributed by atoms with E-state index in [2.05, 4.69) is 15.9 Å². The molecule has 0 aliphatic carbocycles. The number of rotatable bonds is 2. The summed E-state index contributed by atoms with van der Waals surface area (Å²) in [5.41, 5.74) is 1.76. The quantitative estimate of drug-likeness (QED) is 0.839. The average Bonchev–Trinajstić information content (AvgIpc) is 2.06. The number of hydrogen-bond acceptors (Lipinski definition) is 2. The summed E-state index contributed by atoms with van der Waals surface area (Å²) in [6.07, 6.45) is 0.0468. The maximum atomic E-state index is 9.67. The Balaban J connectivity index is 3.04. The number of phenolic OH excluding ortho intramolecular Hbond substituents is 1. The molecule has 0 amide bonds. The predicted molar refractivity (Wildman–Crippen MR) is 55.9 cm³/mol. The van der Waals surface area contributed by atoms with Crippen LogP contribution in [0.5, 0.6) is 5.75 Å². The normalized spacial score (nSPS) is 12.9. The number of aliphatic hydroxyl groups excluding tert-OH is 1. The van der Waals surface area contributed by atoms with Crippen LogP contribution in [0.4, 0.5) is 0 Å². The summed E-state index contributed by atoms with van der Waals surface area (Å²) in [5, 5.41) is 18.8. The fourth-order valence-electron chi connectivity index (χ4n) is 1.19. The molecule has 1 atom stereocenters. The summed E-state index contributed by atoms with van der Waals surface area (Å²) in [5.74, 6) is 0.237. The lowest BCUT2D eigenvalue weighted by Crippen LogP contribution is -2.04. The van der Waals surface area contributed by atoms with Gasteiger partial charge in [-0.1, -0.05) is 12.1 Å².